The molecular weight excluding hydrogens is 533 g/mol. The van der Waals surface area contributed by atoms with Crippen LogP contribution in [0.25, 0.3) is 0 Å². The van der Waals surface area contributed by atoms with Crippen LogP contribution in [0.4, 0.5) is 24.8 Å². The van der Waals surface area contributed by atoms with Crippen LogP contribution in [0, 0.1) is 12.3 Å². The van der Waals surface area contributed by atoms with Crippen molar-refractivity contribution in [2.45, 2.75) is 79.1 Å². The molecule has 0 amide bonds. The summed E-state index contributed by atoms with van der Waals surface area (Å²) in [4.78, 5) is 16.9. The van der Waals surface area contributed by atoms with Gasteiger partial charge in [0.2, 0.25) is 0 Å². The first-order chi connectivity index (χ1) is 19.2. The van der Waals surface area contributed by atoms with Crippen molar-refractivity contribution in [2.75, 3.05) is 22.9 Å². The van der Waals surface area contributed by atoms with Crippen molar-refractivity contribution in [1.82, 2.24) is 20.2 Å². The van der Waals surface area contributed by atoms with E-state index in [1.807, 2.05) is 18.7 Å². The first kappa shape index (κ1) is 30.3. The summed E-state index contributed by atoms with van der Waals surface area (Å²) in [5, 5.41) is 21.9. The summed E-state index contributed by atoms with van der Waals surface area (Å²) in [6.07, 6.45) is -0.596. The van der Waals surface area contributed by atoms with E-state index in [4.69, 9.17) is 0 Å². The van der Waals surface area contributed by atoms with Crippen LogP contribution in [0.15, 0.2) is 30.3 Å². The van der Waals surface area contributed by atoms with E-state index in [9.17, 15) is 23.1 Å². The maximum absolute atomic E-state index is 13.6. The molecule has 8 nitrogen and oxygen atoms in total. The van der Waals surface area contributed by atoms with Gasteiger partial charge in [-0.3, -0.25) is 4.79 Å². The highest BCUT2D eigenvalue weighted by atomic mass is 19.4. The van der Waals surface area contributed by atoms with Crippen LogP contribution < -0.4 is 9.80 Å². The molecule has 0 saturated carbocycles. The first-order valence-electron chi connectivity index (χ1n) is 14.0. The minimum Gasteiger partial charge on any atom is -0.481 e. The molecule has 0 fully saturated rings. The Kier molecular flexibility index (Phi) is 8.94. The van der Waals surface area contributed by atoms with Gasteiger partial charge in [0.25, 0.3) is 5.95 Å². The highest BCUT2D eigenvalue weighted by molar-refractivity contribution is 5.67. The van der Waals surface area contributed by atoms with E-state index in [0.29, 0.717) is 36.6 Å². The zero-order chi connectivity index (χ0) is 29.9. The largest absolute Gasteiger partial charge is 0.481 e. The molecule has 0 unspecified atom stereocenters. The van der Waals surface area contributed by atoms with Crippen LogP contribution in [0.2, 0.25) is 0 Å². The van der Waals surface area contributed by atoms with Crippen molar-refractivity contribution in [2.24, 2.45) is 12.5 Å². The summed E-state index contributed by atoms with van der Waals surface area (Å²) < 4.78 is 40.8. The fourth-order valence-electron chi connectivity index (χ4n) is 5.61. The molecule has 0 spiro atoms. The highest BCUT2D eigenvalue weighted by Gasteiger charge is 2.31. The van der Waals surface area contributed by atoms with E-state index in [1.165, 1.54) is 22.0 Å². The lowest BCUT2D eigenvalue weighted by Crippen LogP contribution is -2.31. The molecule has 222 valence electrons. The third kappa shape index (κ3) is 7.77. The molecule has 4 rings (SSSR count). The Morgan fingerprint density at radius 2 is 1.76 bits per heavy atom. The Morgan fingerprint density at radius 3 is 2.37 bits per heavy atom. The van der Waals surface area contributed by atoms with Crippen LogP contribution in [-0.2, 0) is 43.9 Å². The number of benzene rings is 2. The van der Waals surface area contributed by atoms with E-state index in [2.05, 4.69) is 39.4 Å². The molecule has 3 aromatic rings. The standard InChI is InChI=1S/C30H39F3N6O2/c1-6-38(11-10-29(3,4)17-27(40)41)26-16-23-9-7-8-22(23)15-24(26)19-39(28-34-36-37(5)35-28)18-21-12-20(2)13-25(14-21)30(31,32)33/h12-16H,6-11,17-19H2,1-5H3,(H,40,41). The van der Waals surface area contributed by atoms with Crippen molar-refractivity contribution in [3.63, 3.8) is 0 Å². The van der Waals surface area contributed by atoms with E-state index in [0.717, 1.165) is 43.1 Å². The van der Waals surface area contributed by atoms with Gasteiger partial charge in [-0.15, -0.1) is 5.10 Å². The summed E-state index contributed by atoms with van der Waals surface area (Å²) in [5.74, 6) is -0.479. The number of anilines is 2. The molecule has 1 aliphatic carbocycles. The van der Waals surface area contributed by atoms with Crippen LogP contribution in [0.1, 0.15) is 73.4 Å². The van der Waals surface area contributed by atoms with Gasteiger partial charge in [0, 0.05) is 31.9 Å². The van der Waals surface area contributed by atoms with Crippen LogP contribution in [0.3, 0.4) is 0 Å². The minimum absolute atomic E-state index is 0.0874. The molecule has 2 aromatic carbocycles. The van der Waals surface area contributed by atoms with Gasteiger partial charge in [-0.2, -0.15) is 18.0 Å². The number of tetrazole rings is 1. The zero-order valence-corrected chi connectivity index (χ0v) is 24.4. The first-order valence-corrected chi connectivity index (χ1v) is 14.0. The van der Waals surface area contributed by atoms with Gasteiger partial charge < -0.3 is 14.9 Å². The van der Waals surface area contributed by atoms with E-state index in [1.54, 1.807) is 20.0 Å². The van der Waals surface area contributed by atoms with Gasteiger partial charge in [-0.25, -0.2) is 0 Å². The third-order valence-corrected chi connectivity index (χ3v) is 7.68. The fraction of sp³-hybridized carbons (Fsp3) is 0.533. The third-order valence-electron chi connectivity index (χ3n) is 7.68. The fourth-order valence-corrected chi connectivity index (χ4v) is 5.61. The number of aromatic nitrogens is 4. The number of aryl methyl sites for hydroxylation is 4. The van der Waals surface area contributed by atoms with Crippen molar-refractivity contribution in [3.05, 3.63) is 63.7 Å². The molecule has 1 heterocycles. The summed E-state index contributed by atoms with van der Waals surface area (Å²) in [5.41, 5.74) is 4.66. The Bertz CT molecular complexity index is 1390. The molecule has 41 heavy (non-hydrogen) atoms. The van der Waals surface area contributed by atoms with Crippen LogP contribution in [-0.4, -0.2) is 44.4 Å². The normalized spacial score (nSPS) is 13.4. The number of fused-ring (bicyclic) bond motifs is 1. The highest BCUT2D eigenvalue weighted by Crippen LogP contribution is 2.35. The number of carboxylic acid groups (broad SMARTS) is 1. The number of rotatable bonds is 12. The second-order valence-corrected chi connectivity index (χ2v) is 11.8. The SMILES string of the molecule is CCN(CCC(C)(C)CC(=O)O)c1cc2c(cc1CN(Cc1cc(C)cc(C(F)(F)F)c1)c1nnn(C)n1)CCC2. The van der Waals surface area contributed by atoms with Crippen molar-refractivity contribution < 1.29 is 23.1 Å². The average Bonchev–Trinajstić information content (AvgIpc) is 3.50. The van der Waals surface area contributed by atoms with E-state index in [-0.39, 0.29) is 18.4 Å². The van der Waals surface area contributed by atoms with Crippen molar-refractivity contribution >= 4 is 17.6 Å². The Hall–Kier alpha value is -3.63. The molecule has 1 aliphatic rings. The summed E-state index contributed by atoms with van der Waals surface area (Å²) in [6.45, 7) is 9.63. The summed E-state index contributed by atoms with van der Waals surface area (Å²) in [6, 6.07) is 8.54. The molecule has 0 radical (unpaired) electrons. The van der Waals surface area contributed by atoms with Crippen LogP contribution >= 0.6 is 0 Å². The van der Waals surface area contributed by atoms with Gasteiger partial charge in [0.15, 0.2) is 0 Å². The number of hydrogen-bond acceptors (Lipinski definition) is 6. The number of aliphatic carboxylic acids is 1. The Labute approximate surface area is 239 Å². The predicted octanol–water partition coefficient (Wildman–Crippen LogP) is 5.95. The molecule has 11 heteroatoms. The van der Waals surface area contributed by atoms with E-state index >= 15 is 0 Å². The molecule has 0 aliphatic heterocycles. The zero-order valence-electron chi connectivity index (χ0n) is 24.4. The van der Waals surface area contributed by atoms with Gasteiger partial charge in [0.1, 0.15) is 0 Å². The Morgan fingerprint density at radius 1 is 1.05 bits per heavy atom. The second-order valence-electron chi connectivity index (χ2n) is 11.8. The number of nitrogens with zero attached hydrogens (tertiary/aromatic N) is 6. The summed E-state index contributed by atoms with van der Waals surface area (Å²) >= 11 is 0. The monoisotopic (exact) mass is 572 g/mol. The minimum atomic E-state index is -4.44. The van der Waals surface area contributed by atoms with Crippen molar-refractivity contribution in [1.29, 1.82) is 0 Å². The smallest absolute Gasteiger partial charge is 0.416 e. The molecular formula is C30H39F3N6O2. The molecule has 1 N–H and O–H groups in total. The molecule has 0 bridgehead atoms. The lowest BCUT2D eigenvalue weighted by molar-refractivity contribution is -0.139. The molecule has 1 aromatic heterocycles. The molecule has 0 saturated heterocycles. The second kappa shape index (κ2) is 12.1. The van der Waals surface area contributed by atoms with Crippen molar-refractivity contribution in [3.8, 4) is 0 Å². The number of halogens is 3. The number of alkyl halides is 3. The van der Waals surface area contributed by atoms with Gasteiger partial charge >= 0.3 is 12.1 Å². The lowest BCUT2D eigenvalue weighted by Gasteiger charge is -2.32. The predicted molar refractivity (Wildman–Crippen MR) is 152 cm³/mol. The Balaban J connectivity index is 1.70. The van der Waals surface area contributed by atoms with E-state index < -0.39 is 17.7 Å². The maximum atomic E-state index is 13.6. The topological polar surface area (TPSA) is 87.4 Å². The number of carbonyl (C=O) groups is 1. The van der Waals surface area contributed by atoms with Gasteiger partial charge in [-0.05, 0) is 90.6 Å². The number of hydrogen-bond donors (Lipinski definition) is 1. The number of carboxylic acids is 1. The average molecular weight is 573 g/mol. The maximum Gasteiger partial charge on any atom is 0.416 e. The quantitative estimate of drug-likeness (QED) is 0.287. The summed E-state index contributed by atoms with van der Waals surface area (Å²) in [7, 11) is 1.65. The van der Waals surface area contributed by atoms with Gasteiger partial charge in [-0.1, -0.05) is 36.6 Å². The lowest BCUT2D eigenvalue weighted by atomic mass is 9.85. The molecule has 0 atom stereocenters. The van der Waals surface area contributed by atoms with Gasteiger partial charge in [0.05, 0.1) is 19.0 Å². The van der Waals surface area contributed by atoms with Crippen LogP contribution in [0.5, 0.6) is 0 Å².